The van der Waals surface area contributed by atoms with Crippen LogP contribution in [-0.4, -0.2) is 72.9 Å². The van der Waals surface area contributed by atoms with Crippen molar-refractivity contribution >= 4 is 0 Å². The van der Waals surface area contributed by atoms with Crippen molar-refractivity contribution in [3.05, 3.63) is 0 Å². The zero-order valence-electron chi connectivity index (χ0n) is 11.0. The number of hydrogen-bond acceptors (Lipinski definition) is 6. The molecule has 0 aromatic rings. The summed E-state index contributed by atoms with van der Waals surface area (Å²) in [5.41, 5.74) is 0. The van der Waals surface area contributed by atoms with Gasteiger partial charge in [0.1, 0.15) is 24.4 Å². The molecule has 0 aliphatic carbocycles. The Balaban J connectivity index is 2.84. The van der Waals surface area contributed by atoms with E-state index in [1.165, 1.54) is 0 Å². The van der Waals surface area contributed by atoms with Crippen molar-refractivity contribution < 1.29 is 28.4 Å². The van der Waals surface area contributed by atoms with Crippen LogP contribution in [-0.2, 0) is 28.4 Å². The fraction of sp³-hybridized carbons (Fsp3) is 1.00. The van der Waals surface area contributed by atoms with E-state index in [1.807, 2.05) is 0 Å². The smallest absolute Gasteiger partial charge is 0.186 e. The van der Waals surface area contributed by atoms with E-state index in [0.29, 0.717) is 6.61 Å². The molecule has 0 spiro atoms. The molecule has 6 heteroatoms. The molecule has 0 amide bonds. The topological polar surface area (TPSA) is 55.4 Å². The normalized spacial score (nSPS) is 38.3. The minimum atomic E-state index is -0.489. The maximum absolute atomic E-state index is 5.74. The summed E-state index contributed by atoms with van der Waals surface area (Å²) in [7, 11) is 8.01. The quantitative estimate of drug-likeness (QED) is 0.664. The molecule has 0 aromatic heterocycles. The Morgan fingerprint density at radius 2 is 1.35 bits per heavy atom. The van der Waals surface area contributed by atoms with Gasteiger partial charge in [-0.3, -0.25) is 0 Å². The molecule has 0 aromatic carbocycles. The summed E-state index contributed by atoms with van der Waals surface area (Å²) >= 11 is 0. The Morgan fingerprint density at radius 1 is 0.765 bits per heavy atom. The molecule has 1 aliphatic rings. The third-order valence-electron chi connectivity index (χ3n) is 2.97. The van der Waals surface area contributed by atoms with Crippen molar-refractivity contribution in [3.8, 4) is 0 Å². The molecule has 1 rings (SSSR count). The van der Waals surface area contributed by atoms with Crippen molar-refractivity contribution in [1.82, 2.24) is 0 Å². The zero-order valence-corrected chi connectivity index (χ0v) is 11.0. The highest BCUT2D eigenvalue weighted by Gasteiger charge is 2.47. The van der Waals surface area contributed by atoms with Crippen LogP contribution in [0, 0.1) is 0 Å². The second-order valence-electron chi connectivity index (χ2n) is 3.83. The molecule has 1 fully saturated rings. The molecule has 102 valence electrons. The van der Waals surface area contributed by atoms with Gasteiger partial charge in [-0.15, -0.1) is 0 Å². The van der Waals surface area contributed by atoms with Crippen LogP contribution in [0.4, 0.5) is 0 Å². The molecule has 0 saturated carbocycles. The second-order valence-corrected chi connectivity index (χ2v) is 3.83. The maximum Gasteiger partial charge on any atom is 0.186 e. The minimum Gasteiger partial charge on any atom is -0.382 e. The molecule has 1 saturated heterocycles. The van der Waals surface area contributed by atoms with Crippen molar-refractivity contribution in [3.63, 3.8) is 0 Å². The van der Waals surface area contributed by atoms with Crippen LogP contribution in [0.1, 0.15) is 0 Å². The lowest BCUT2D eigenvalue weighted by atomic mass is 9.98. The highest BCUT2D eigenvalue weighted by atomic mass is 16.7. The first-order valence-corrected chi connectivity index (χ1v) is 5.49. The van der Waals surface area contributed by atoms with Crippen molar-refractivity contribution in [2.45, 2.75) is 30.7 Å². The van der Waals surface area contributed by atoms with Crippen LogP contribution in [0.15, 0.2) is 0 Å². The van der Waals surface area contributed by atoms with Gasteiger partial charge in [0.2, 0.25) is 0 Å². The Hall–Kier alpha value is -0.240. The fourth-order valence-electron chi connectivity index (χ4n) is 2.17. The first-order chi connectivity index (χ1) is 8.23. The highest BCUT2D eigenvalue weighted by molar-refractivity contribution is 4.92. The molecule has 17 heavy (non-hydrogen) atoms. The van der Waals surface area contributed by atoms with E-state index in [0.717, 1.165) is 0 Å². The first-order valence-electron chi connectivity index (χ1n) is 5.49. The SMILES string of the molecule is COC[C@H]1O[C@@H](OC)[C@@H](OC)[C@@H](OC)[C@H]1OC. The van der Waals surface area contributed by atoms with Crippen LogP contribution < -0.4 is 0 Å². The molecule has 0 radical (unpaired) electrons. The van der Waals surface area contributed by atoms with Crippen molar-refractivity contribution in [2.75, 3.05) is 42.2 Å². The van der Waals surface area contributed by atoms with Gasteiger partial charge in [-0.1, -0.05) is 0 Å². The number of hydrogen-bond donors (Lipinski definition) is 0. The summed E-state index contributed by atoms with van der Waals surface area (Å²) in [5, 5.41) is 0. The van der Waals surface area contributed by atoms with Gasteiger partial charge in [-0.2, -0.15) is 0 Å². The van der Waals surface area contributed by atoms with Crippen LogP contribution in [0.3, 0.4) is 0 Å². The molecular weight excluding hydrogens is 228 g/mol. The molecule has 5 atom stereocenters. The van der Waals surface area contributed by atoms with E-state index in [-0.39, 0.29) is 24.4 Å². The molecule has 0 unspecified atom stereocenters. The fourth-order valence-corrected chi connectivity index (χ4v) is 2.17. The van der Waals surface area contributed by atoms with Crippen LogP contribution in [0.2, 0.25) is 0 Å². The predicted molar refractivity (Wildman–Crippen MR) is 59.9 cm³/mol. The molecular formula is C11H22O6. The molecule has 6 nitrogen and oxygen atoms in total. The summed E-state index contributed by atoms with van der Waals surface area (Å²) in [6, 6.07) is 0. The summed E-state index contributed by atoms with van der Waals surface area (Å²) < 4.78 is 32.3. The van der Waals surface area contributed by atoms with Gasteiger partial charge < -0.3 is 28.4 Å². The van der Waals surface area contributed by atoms with Crippen LogP contribution in [0.5, 0.6) is 0 Å². The maximum atomic E-state index is 5.74. The average Bonchev–Trinajstić information content (AvgIpc) is 2.37. The monoisotopic (exact) mass is 250 g/mol. The number of methoxy groups -OCH3 is 5. The third-order valence-corrected chi connectivity index (χ3v) is 2.97. The molecule has 0 N–H and O–H groups in total. The Morgan fingerprint density at radius 3 is 1.76 bits per heavy atom. The largest absolute Gasteiger partial charge is 0.382 e. The highest BCUT2D eigenvalue weighted by Crippen LogP contribution is 2.27. The summed E-state index contributed by atoms with van der Waals surface area (Å²) in [6.07, 6.45) is -1.58. The number of ether oxygens (including phenoxy) is 6. The van der Waals surface area contributed by atoms with Crippen molar-refractivity contribution in [1.29, 1.82) is 0 Å². The van der Waals surface area contributed by atoms with Gasteiger partial charge in [0.15, 0.2) is 6.29 Å². The number of rotatable bonds is 6. The minimum absolute atomic E-state index is 0.244. The van der Waals surface area contributed by atoms with Gasteiger partial charge in [-0.05, 0) is 0 Å². The first kappa shape index (κ1) is 14.8. The molecule has 1 aliphatic heterocycles. The molecule has 0 bridgehead atoms. The molecule has 1 heterocycles. The summed E-state index contributed by atoms with van der Waals surface area (Å²) in [5.74, 6) is 0. The second kappa shape index (κ2) is 7.25. The van der Waals surface area contributed by atoms with E-state index >= 15 is 0 Å². The Kier molecular flexibility index (Phi) is 6.32. The van der Waals surface area contributed by atoms with Crippen LogP contribution >= 0.6 is 0 Å². The van der Waals surface area contributed by atoms with E-state index < -0.39 is 6.29 Å². The average molecular weight is 250 g/mol. The van der Waals surface area contributed by atoms with Gasteiger partial charge in [0.25, 0.3) is 0 Å². The predicted octanol–water partition coefficient (Wildman–Crippen LogP) is 0.0491. The van der Waals surface area contributed by atoms with Crippen LogP contribution in [0.25, 0.3) is 0 Å². The third kappa shape index (κ3) is 3.15. The van der Waals surface area contributed by atoms with Gasteiger partial charge >= 0.3 is 0 Å². The van der Waals surface area contributed by atoms with Crippen molar-refractivity contribution in [2.24, 2.45) is 0 Å². The van der Waals surface area contributed by atoms with Gasteiger partial charge in [0.05, 0.1) is 6.61 Å². The standard InChI is InChI=1S/C11H22O6/c1-12-6-7-8(13-2)9(14-3)10(15-4)11(16-5)17-7/h7-11H,6H2,1-5H3/t7-,8+,9+,10+,11-/m1/s1. The summed E-state index contributed by atoms with van der Waals surface area (Å²) in [6.45, 7) is 0.411. The van der Waals surface area contributed by atoms with E-state index in [1.54, 1.807) is 35.5 Å². The van der Waals surface area contributed by atoms with E-state index in [9.17, 15) is 0 Å². The van der Waals surface area contributed by atoms with E-state index in [2.05, 4.69) is 0 Å². The Bertz CT molecular complexity index is 212. The Labute approximate surface area is 102 Å². The lowest BCUT2D eigenvalue weighted by Crippen LogP contribution is -2.61. The van der Waals surface area contributed by atoms with Gasteiger partial charge in [-0.25, -0.2) is 0 Å². The summed E-state index contributed by atoms with van der Waals surface area (Å²) in [4.78, 5) is 0. The van der Waals surface area contributed by atoms with E-state index in [4.69, 9.17) is 28.4 Å². The van der Waals surface area contributed by atoms with Gasteiger partial charge in [0, 0.05) is 35.5 Å². The lowest BCUT2D eigenvalue weighted by Gasteiger charge is -2.44. The zero-order chi connectivity index (χ0) is 12.8. The lowest BCUT2D eigenvalue weighted by molar-refractivity contribution is -0.307.